The number of rotatable bonds is 5. The first-order valence-electron chi connectivity index (χ1n) is 5.73. The van der Waals surface area contributed by atoms with Gasteiger partial charge >= 0.3 is 12.4 Å². The molecule has 0 amide bonds. The van der Waals surface area contributed by atoms with Gasteiger partial charge in [0.25, 0.3) is 0 Å². The minimum Gasteiger partial charge on any atom is -0.493 e. The highest BCUT2D eigenvalue weighted by atomic mass is 19.4. The molecule has 0 atom stereocenters. The monoisotopic (exact) mass is 301 g/mol. The molecule has 0 radical (unpaired) electrons. The number of halogens is 6. The lowest BCUT2D eigenvalue weighted by molar-refractivity contribution is -0.138. The lowest BCUT2D eigenvalue weighted by Crippen LogP contribution is -2.11. The maximum absolute atomic E-state index is 12.5. The fourth-order valence-corrected chi connectivity index (χ4v) is 1.51. The van der Waals surface area contributed by atoms with Crippen molar-refractivity contribution in [2.75, 3.05) is 6.61 Å². The number of benzene rings is 1. The Morgan fingerprint density at radius 2 is 1.70 bits per heavy atom. The molecule has 0 aliphatic carbocycles. The van der Waals surface area contributed by atoms with Crippen molar-refractivity contribution < 1.29 is 31.1 Å². The van der Waals surface area contributed by atoms with E-state index in [0.717, 1.165) is 18.2 Å². The summed E-state index contributed by atoms with van der Waals surface area (Å²) in [5.41, 5.74) is 4.54. The van der Waals surface area contributed by atoms with Gasteiger partial charge in [0, 0.05) is 18.5 Å². The van der Waals surface area contributed by atoms with E-state index in [1.807, 2.05) is 0 Å². The number of hydrogen-bond acceptors (Lipinski definition) is 2. The summed E-state index contributed by atoms with van der Waals surface area (Å²) in [5.74, 6) is 0.0719. The average Bonchev–Trinajstić information content (AvgIpc) is 2.32. The van der Waals surface area contributed by atoms with E-state index in [-0.39, 0.29) is 30.9 Å². The molecule has 114 valence electrons. The lowest BCUT2D eigenvalue weighted by Gasteiger charge is -2.14. The molecule has 1 rings (SSSR count). The lowest BCUT2D eigenvalue weighted by atomic mass is 10.1. The third-order valence-corrected chi connectivity index (χ3v) is 2.47. The van der Waals surface area contributed by atoms with E-state index in [2.05, 4.69) is 0 Å². The van der Waals surface area contributed by atoms with E-state index in [0.29, 0.717) is 0 Å². The van der Waals surface area contributed by atoms with Gasteiger partial charge in [-0.05, 0) is 24.6 Å². The third kappa shape index (κ3) is 5.28. The minimum absolute atomic E-state index is 0.0719. The highest BCUT2D eigenvalue weighted by Gasteiger charge is 2.31. The Balaban J connectivity index is 2.67. The molecule has 0 spiro atoms. The Hall–Kier alpha value is -1.44. The summed E-state index contributed by atoms with van der Waals surface area (Å²) in [6.45, 7) is -0.434. The van der Waals surface area contributed by atoms with Gasteiger partial charge in [0.1, 0.15) is 5.75 Å². The molecule has 0 bridgehead atoms. The van der Waals surface area contributed by atoms with Crippen LogP contribution < -0.4 is 10.5 Å². The number of ether oxygens (including phenoxy) is 1. The number of nitrogens with two attached hydrogens (primary N) is 1. The van der Waals surface area contributed by atoms with Crippen LogP contribution in [0.15, 0.2) is 18.2 Å². The van der Waals surface area contributed by atoms with Crippen LogP contribution in [-0.4, -0.2) is 12.8 Å². The molecule has 0 aliphatic rings. The molecule has 0 fully saturated rings. The Morgan fingerprint density at radius 1 is 1.05 bits per heavy atom. The van der Waals surface area contributed by atoms with Crippen molar-refractivity contribution >= 4 is 0 Å². The van der Waals surface area contributed by atoms with Gasteiger partial charge in [0.2, 0.25) is 0 Å². The zero-order valence-electron chi connectivity index (χ0n) is 10.3. The normalized spacial score (nSPS) is 12.6. The van der Waals surface area contributed by atoms with Crippen LogP contribution in [0.1, 0.15) is 24.0 Å². The van der Waals surface area contributed by atoms with Crippen molar-refractivity contribution in [2.45, 2.75) is 31.7 Å². The summed E-state index contributed by atoms with van der Waals surface area (Å²) in [6, 6.07) is 2.70. The summed E-state index contributed by atoms with van der Waals surface area (Å²) in [7, 11) is 0. The van der Waals surface area contributed by atoms with Gasteiger partial charge in [-0.25, -0.2) is 0 Å². The minimum atomic E-state index is -4.50. The molecule has 0 saturated heterocycles. The fourth-order valence-electron chi connectivity index (χ4n) is 1.51. The van der Waals surface area contributed by atoms with E-state index < -0.39 is 24.3 Å². The Labute approximate surface area is 111 Å². The SMILES string of the molecule is NCc1cc(C(F)(F)F)ccc1OCCCC(F)(F)F. The first-order valence-corrected chi connectivity index (χ1v) is 5.73. The van der Waals surface area contributed by atoms with Crippen LogP contribution in [0.5, 0.6) is 5.75 Å². The summed E-state index contributed by atoms with van der Waals surface area (Å²) in [5, 5.41) is 0. The summed E-state index contributed by atoms with van der Waals surface area (Å²) in [4.78, 5) is 0. The Bertz CT molecular complexity index is 441. The van der Waals surface area contributed by atoms with Gasteiger partial charge in [-0.3, -0.25) is 0 Å². The molecular weight excluding hydrogens is 288 g/mol. The molecule has 0 heterocycles. The predicted octanol–water partition coefficient (Wildman–Crippen LogP) is 3.89. The molecule has 2 N–H and O–H groups in total. The summed E-state index contributed by atoms with van der Waals surface area (Å²) < 4.78 is 78.2. The molecule has 0 unspecified atom stereocenters. The fraction of sp³-hybridized carbons (Fsp3) is 0.500. The highest BCUT2D eigenvalue weighted by Crippen LogP contribution is 2.32. The van der Waals surface area contributed by atoms with E-state index >= 15 is 0 Å². The van der Waals surface area contributed by atoms with Gasteiger partial charge in [-0.15, -0.1) is 0 Å². The maximum Gasteiger partial charge on any atom is 0.416 e. The second kappa shape index (κ2) is 6.34. The van der Waals surface area contributed by atoms with Crippen LogP contribution in [-0.2, 0) is 12.7 Å². The highest BCUT2D eigenvalue weighted by molar-refractivity contribution is 5.38. The van der Waals surface area contributed by atoms with Crippen molar-refractivity contribution in [1.82, 2.24) is 0 Å². The summed E-state index contributed by atoms with van der Waals surface area (Å²) >= 11 is 0. The van der Waals surface area contributed by atoms with Crippen molar-refractivity contribution in [3.8, 4) is 5.75 Å². The predicted molar refractivity (Wildman–Crippen MR) is 60.1 cm³/mol. The summed E-state index contributed by atoms with van der Waals surface area (Å²) in [6.07, 6.45) is -10.1. The second-order valence-electron chi connectivity index (χ2n) is 4.09. The van der Waals surface area contributed by atoms with Crippen LogP contribution in [0.4, 0.5) is 26.3 Å². The molecule has 1 aromatic carbocycles. The maximum atomic E-state index is 12.5. The van der Waals surface area contributed by atoms with Crippen LogP contribution in [0.2, 0.25) is 0 Å². The molecular formula is C12H13F6NO. The van der Waals surface area contributed by atoms with Crippen molar-refractivity contribution in [2.24, 2.45) is 5.73 Å². The van der Waals surface area contributed by atoms with Crippen molar-refractivity contribution in [3.05, 3.63) is 29.3 Å². The third-order valence-electron chi connectivity index (χ3n) is 2.47. The molecule has 2 nitrogen and oxygen atoms in total. The standard InChI is InChI=1S/C12H13F6NO/c13-11(14,15)4-1-5-20-10-3-2-9(12(16,17)18)6-8(10)7-19/h2-3,6H,1,4-5,7,19H2. The van der Waals surface area contributed by atoms with Crippen LogP contribution in [0, 0.1) is 0 Å². The quantitative estimate of drug-likeness (QED) is 0.661. The average molecular weight is 301 g/mol. The molecule has 20 heavy (non-hydrogen) atoms. The van der Waals surface area contributed by atoms with Crippen LogP contribution >= 0.6 is 0 Å². The van der Waals surface area contributed by atoms with Gasteiger partial charge in [0.15, 0.2) is 0 Å². The van der Waals surface area contributed by atoms with Crippen molar-refractivity contribution in [1.29, 1.82) is 0 Å². The Kier molecular flexibility index (Phi) is 5.27. The molecule has 0 aliphatic heterocycles. The number of hydrogen-bond donors (Lipinski definition) is 1. The molecule has 0 saturated carbocycles. The van der Waals surface area contributed by atoms with Crippen LogP contribution in [0.25, 0.3) is 0 Å². The van der Waals surface area contributed by atoms with E-state index in [4.69, 9.17) is 10.5 Å². The van der Waals surface area contributed by atoms with E-state index in [1.54, 1.807) is 0 Å². The van der Waals surface area contributed by atoms with E-state index in [1.165, 1.54) is 0 Å². The van der Waals surface area contributed by atoms with Gasteiger partial charge in [-0.1, -0.05) is 0 Å². The smallest absolute Gasteiger partial charge is 0.416 e. The van der Waals surface area contributed by atoms with E-state index in [9.17, 15) is 26.3 Å². The zero-order valence-corrected chi connectivity index (χ0v) is 10.3. The van der Waals surface area contributed by atoms with Gasteiger partial charge in [0.05, 0.1) is 12.2 Å². The van der Waals surface area contributed by atoms with Crippen molar-refractivity contribution in [3.63, 3.8) is 0 Å². The number of alkyl halides is 6. The Morgan fingerprint density at radius 3 is 2.20 bits per heavy atom. The molecule has 1 aromatic rings. The largest absolute Gasteiger partial charge is 0.493 e. The van der Waals surface area contributed by atoms with Crippen LogP contribution in [0.3, 0.4) is 0 Å². The topological polar surface area (TPSA) is 35.2 Å². The first-order chi connectivity index (χ1) is 9.13. The van der Waals surface area contributed by atoms with Gasteiger partial charge in [-0.2, -0.15) is 26.3 Å². The second-order valence-corrected chi connectivity index (χ2v) is 4.09. The zero-order chi connectivity index (χ0) is 15.4. The molecule has 0 aromatic heterocycles. The first kappa shape index (κ1) is 16.6. The molecule has 8 heteroatoms. The van der Waals surface area contributed by atoms with Gasteiger partial charge < -0.3 is 10.5 Å².